The highest BCUT2D eigenvalue weighted by molar-refractivity contribution is 5.57. The topological polar surface area (TPSA) is 35.8 Å². The molecule has 0 aliphatic heterocycles. The zero-order valence-electron chi connectivity index (χ0n) is 9.17. The maximum Gasteiger partial charge on any atom is 0.124 e. The summed E-state index contributed by atoms with van der Waals surface area (Å²) in [5, 5.41) is 12.1. The molecule has 0 aromatic heterocycles. The van der Waals surface area contributed by atoms with Crippen LogP contribution in [0.4, 0.5) is 10.1 Å². The molecule has 1 aliphatic carbocycles. The highest BCUT2D eigenvalue weighted by Crippen LogP contribution is 2.29. The number of nitrogens with one attached hydrogen (secondary N) is 1. The SMILES string of the molecule is N#Cc1cc(F)ccc1NCCC1CCC1. The zero-order valence-corrected chi connectivity index (χ0v) is 9.17. The van der Waals surface area contributed by atoms with E-state index in [9.17, 15) is 4.39 Å². The molecule has 0 amide bonds. The summed E-state index contributed by atoms with van der Waals surface area (Å²) in [6.07, 6.45) is 5.15. The molecule has 1 aromatic carbocycles. The maximum atomic E-state index is 12.9. The van der Waals surface area contributed by atoms with Crippen molar-refractivity contribution >= 4 is 5.69 Å². The lowest BCUT2D eigenvalue weighted by Gasteiger charge is -2.25. The lowest BCUT2D eigenvalue weighted by Crippen LogP contribution is -2.15. The molecule has 2 rings (SSSR count). The van der Waals surface area contributed by atoms with Gasteiger partial charge in [-0.2, -0.15) is 5.26 Å². The van der Waals surface area contributed by atoms with Crippen LogP contribution in [0.5, 0.6) is 0 Å². The maximum absolute atomic E-state index is 12.9. The fraction of sp³-hybridized carbons (Fsp3) is 0.462. The van der Waals surface area contributed by atoms with Crippen molar-refractivity contribution in [1.82, 2.24) is 0 Å². The van der Waals surface area contributed by atoms with Gasteiger partial charge in [0.1, 0.15) is 11.9 Å². The second kappa shape index (κ2) is 4.98. The van der Waals surface area contributed by atoms with E-state index >= 15 is 0 Å². The summed E-state index contributed by atoms with van der Waals surface area (Å²) in [6.45, 7) is 0.866. The average molecular weight is 218 g/mol. The first-order valence-electron chi connectivity index (χ1n) is 5.73. The second-order valence-electron chi connectivity index (χ2n) is 4.31. The van der Waals surface area contributed by atoms with Crippen LogP contribution in [0.25, 0.3) is 0 Å². The van der Waals surface area contributed by atoms with Crippen molar-refractivity contribution in [2.24, 2.45) is 5.92 Å². The van der Waals surface area contributed by atoms with Crippen molar-refractivity contribution in [1.29, 1.82) is 5.26 Å². The van der Waals surface area contributed by atoms with Crippen molar-refractivity contribution in [3.05, 3.63) is 29.6 Å². The summed E-state index contributed by atoms with van der Waals surface area (Å²) in [6, 6.07) is 6.28. The molecular formula is C13H15FN2. The second-order valence-corrected chi connectivity index (χ2v) is 4.31. The Morgan fingerprint density at radius 2 is 2.25 bits per heavy atom. The molecule has 3 heteroatoms. The Bertz CT molecular complexity index is 405. The molecule has 84 valence electrons. The summed E-state index contributed by atoms with van der Waals surface area (Å²) in [5.74, 6) is 0.486. The van der Waals surface area contributed by atoms with Crippen LogP contribution in [0.3, 0.4) is 0 Å². The Morgan fingerprint density at radius 3 is 2.88 bits per heavy atom. The van der Waals surface area contributed by atoms with Gasteiger partial charge in [-0.3, -0.25) is 0 Å². The monoisotopic (exact) mass is 218 g/mol. The Labute approximate surface area is 95.1 Å². The molecule has 1 aliphatic rings. The molecular weight excluding hydrogens is 203 g/mol. The Hall–Kier alpha value is -1.56. The van der Waals surface area contributed by atoms with Gasteiger partial charge < -0.3 is 5.32 Å². The summed E-state index contributed by atoms with van der Waals surface area (Å²) >= 11 is 0. The minimum atomic E-state index is -0.360. The van der Waals surface area contributed by atoms with Gasteiger partial charge in [-0.05, 0) is 30.5 Å². The van der Waals surface area contributed by atoms with Gasteiger partial charge in [0.25, 0.3) is 0 Å². The fourth-order valence-electron chi connectivity index (χ4n) is 1.96. The van der Waals surface area contributed by atoms with Gasteiger partial charge in [0.15, 0.2) is 0 Å². The van der Waals surface area contributed by atoms with Crippen molar-refractivity contribution < 1.29 is 4.39 Å². The van der Waals surface area contributed by atoms with Gasteiger partial charge in [-0.1, -0.05) is 19.3 Å². The Kier molecular flexibility index (Phi) is 3.40. The number of benzene rings is 1. The van der Waals surface area contributed by atoms with Crippen LogP contribution in [0.2, 0.25) is 0 Å². The quantitative estimate of drug-likeness (QED) is 0.841. The van der Waals surface area contributed by atoms with Gasteiger partial charge in [-0.25, -0.2) is 4.39 Å². The highest BCUT2D eigenvalue weighted by atomic mass is 19.1. The molecule has 0 radical (unpaired) electrons. The zero-order chi connectivity index (χ0) is 11.4. The Morgan fingerprint density at radius 1 is 1.44 bits per heavy atom. The molecule has 0 atom stereocenters. The largest absolute Gasteiger partial charge is 0.384 e. The van der Waals surface area contributed by atoms with Gasteiger partial charge in [0, 0.05) is 6.54 Å². The molecule has 0 bridgehead atoms. The van der Waals surface area contributed by atoms with Crippen LogP contribution in [0, 0.1) is 23.1 Å². The number of nitrogens with zero attached hydrogens (tertiary/aromatic N) is 1. The van der Waals surface area contributed by atoms with E-state index in [-0.39, 0.29) is 5.82 Å². The van der Waals surface area contributed by atoms with E-state index in [2.05, 4.69) is 5.32 Å². The van der Waals surface area contributed by atoms with Crippen molar-refractivity contribution in [2.45, 2.75) is 25.7 Å². The summed E-state index contributed by atoms with van der Waals surface area (Å²) < 4.78 is 12.9. The third-order valence-electron chi connectivity index (χ3n) is 3.19. The number of rotatable bonds is 4. The van der Waals surface area contributed by atoms with Crippen LogP contribution in [-0.4, -0.2) is 6.54 Å². The van der Waals surface area contributed by atoms with Crippen molar-refractivity contribution in [3.8, 4) is 6.07 Å². The molecule has 1 N–H and O–H groups in total. The molecule has 0 heterocycles. The minimum absolute atomic E-state index is 0.360. The minimum Gasteiger partial charge on any atom is -0.384 e. The summed E-state index contributed by atoms with van der Waals surface area (Å²) in [4.78, 5) is 0. The number of halogens is 1. The molecule has 1 fully saturated rings. The van der Waals surface area contributed by atoms with E-state index in [1.165, 1.54) is 31.4 Å². The first kappa shape index (κ1) is 10.9. The summed E-state index contributed by atoms with van der Waals surface area (Å²) in [7, 11) is 0. The first-order valence-corrected chi connectivity index (χ1v) is 5.73. The van der Waals surface area contributed by atoms with Gasteiger partial charge in [-0.15, -0.1) is 0 Å². The van der Waals surface area contributed by atoms with E-state index in [0.717, 1.165) is 24.6 Å². The predicted octanol–water partition coefficient (Wildman–Crippen LogP) is 3.30. The number of nitriles is 1. The third kappa shape index (κ3) is 2.52. The molecule has 0 spiro atoms. The van der Waals surface area contributed by atoms with Crippen LogP contribution in [0.1, 0.15) is 31.2 Å². The first-order chi connectivity index (χ1) is 7.79. The lowest BCUT2D eigenvalue weighted by atomic mass is 9.83. The van der Waals surface area contributed by atoms with E-state index in [0.29, 0.717) is 5.56 Å². The van der Waals surface area contributed by atoms with Crippen molar-refractivity contribution in [2.75, 3.05) is 11.9 Å². The molecule has 0 unspecified atom stereocenters. The summed E-state index contributed by atoms with van der Waals surface area (Å²) in [5.41, 5.74) is 1.12. The number of anilines is 1. The molecule has 2 nitrogen and oxygen atoms in total. The highest BCUT2D eigenvalue weighted by Gasteiger charge is 2.16. The third-order valence-corrected chi connectivity index (χ3v) is 3.19. The van der Waals surface area contributed by atoms with E-state index in [4.69, 9.17) is 5.26 Å². The van der Waals surface area contributed by atoms with Crippen LogP contribution >= 0.6 is 0 Å². The smallest absolute Gasteiger partial charge is 0.124 e. The standard InChI is InChI=1S/C13H15FN2/c14-12-4-5-13(11(8-12)9-15)16-7-6-10-2-1-3-10/h4-5,8,10,16H,1-3,6-7H2. The fourth-order valence-corrected chi connectivity index (χ4v) is 1.96. The van der Waals surface area contributed by atoms with Crippen LogP contribution in [0.15, 0.2) is 18.2 Å². The number of hydrogen-bond acceptors (Lipinski definition) is 2. The number of hydrogen-bond donors (Lipinski definition) is 1. The lowest BCUT2D eigenvalue weighted by molar-refractivity contribution is 0.303. The Balaban J connectivity index is 1.90. The van der Waals surface area contributed by atoms with E-state index < -0.39 is 0 Å². The van der Waals surface area contributed by atoms with Crippen LogP contribution < -0.4 is 5.32 Å². The molecule has 0 saturated heterocycles. The van der Waals surface area contributed by atoms with Gasteiger partial charge in [0.05, 0.1) is 11.3 Å². The van der Waals surface area contributed by atoms with E-state index in [1.807, 2.05) is 6.07 Å². The van der Waals surface area contributed by atoms with Crippen molar-refractivity contribution in [3.63, 3.8) is 0 Å². The normalized spacial score (nSPS) is 15.2. The van der Waals surface area contributed by atoms with Crippen LogP contribution in [-0.2, 0) is 0 Å². The molecule has 1 aromatic rings. The average Bonchev–Trinajstić information content (AvgIpc) is 2.23. The van der Waals surface area contributed by atoms with Gasteiger partial charge in [0.2, 0.25) is 0 Å². The van der Waals surface area contributed by atoms with E-state index in [1.54, 1.807) is 6.07 Å². The molecule has 1 saturated carbocycles. The molecule has 16 heavy (non-hydrogen) atoms. The predicted molar refractivity (Wildman–Crippen MR) is 61.6 cm³/mol. The van der Waals surface area contributed by atoms with Gasteiger partial charge >= 0.3 is 0 Å².